The molecule has 0 spiro atoms. The van der Waals surface area contributed by atoms with E-state index in [1.165, 1.54) is 11.8 Å². The lowest BCUT2D eigenvalue weighted by atomic mass is 10.1. The van der Waals surface area contributed by atoms with Gasteiger partial charge in [0.2, 0.25) is 0 Å². The number of fused-ring (bicyclic) bond motifs is 1. The standard InChI is InChI=1S/C24H23ClN4O4S/c1-4-33-22(31)20-14(3)26-23(32)27-18(20)12-34-24-28-17-11-15(25)9-10-16(17)21(30)29(24)19-8-6-5-7-13(19)2/h5-11,14H,4,12H2,1-3H3,(H2,26,27,32)/t14-/m0/s1. The van der Waals surface area contributed by atoms with E-state index in [9.17, 15) is 14.4 Å². The molecule has 3 aromatic rings. The minimum atomic E-state index is -0.523. The van der Waals surface area contributed by atoms with E-state index in [0.717, 1.165) is 5.56 Å². The number of hydrogen-bond acceptors (Lipinski definition) is 6. The molecule has 0 aliphatic carbocycles. The van der Waals surface area contributed by atoms with Crippen molar-refractivity contribution in [1.29, 1.82) is 0 Å². The van der Waals surface area contributed by atoms with Crippen LogP contribution in [0.3, 0.4) is 0 Å². The average Bonchev–Trinajstić information content (AvgIpc) is 2.78. The molecule has 0 saturated carbocycles. The first-order valence-corrected chi connectivity index (χ1v) is 12.0. The SMILES string of the molecule is CCOC(=O)C1=C(CSc2nc3cc(Cl)ccc3c(=O)n2-c2ccccc2C)NC(=O)N[C@H]1C. The van der Waals surface area contributed by atoms with Crippen LogP contribution >= 0.6 is 23.4 Å². The van der Waals surface area contributed by atoms with E-state index in [1.54, 1.807) is 36.6 Å². The summed E-state index contributed by atoms with van der Waals surface area (Å²) in [4.78, 5) is 42.9. The van der Waals surface area contributed by atoms with Crippen LogP contribution in [-0.4, -0.2) is 40.0 Å². The van der Waals surface area contributed by atoms with E-state index < -0.39 is 18.0 Å². The average molecular weight is 499 g/mol. The summed E-state index contributed by atoms with van der Waals surface area (Å²) in [5.74, 6) is -0.316. The Bertz CT molecular complexity index is 1390. The first-order chi connectivity index (χ1) is 16.3. The van der Waals surface area contributed by atoms with E-state index in [2.05, 4.69) is 10.6 Å². The Labute approximate surface area is 205 Å². The number of amides is 2. The fourth-order valence-corrected chi connectivity index (χ4v) is 4.93. The third-order valence-electron chi connectivity index (χ3n) is 5.37. The molecule has 0 bridgehead atoms. The molecule has 10 heteroatoms. The molecule has 0 saturated heterocycles. The van der Waals surface area contributed by atoms with Gasteiger partial charge in [0, 0.05) is 16.5 Å². The largest absolute Gasteiger partial charge is 0.463 e. The van der Waals surface area contributed by atoms with Gasteiger partial charge in [0.1, 0.15) is 0 Å². The number of halogens is 1. The monoisotopic (exact) mass is 498 g/mol. The van der Waals surface area contributed by atoms with Crippen molar-refractivity contribution in [3.05, 3.63) is 74.7 Å². The Balaban J connectivity index is 1.84. The van der Waals surface area contributed by atoms with Crippen LogP contribution in [0.15, 0.2) is 63.7 Å². The summed E-state index contributed by atoms with van der Waals surface area (Å²) < 4.78 is 6.73. The third kappa shape index (κ3) is 4.67. The molecule has 1 aromatic heterocycles. The number of thioether (sulfide) groups is 1. The maximum atomic E-state index is 13.5. The Morgan fingerprint density at radius 2 is 2.00 bits per heavy atom. The second-order valence-electron chi connectivity index (χ2n) is 7.70. The quantitative estimate of drug-likeness (QED) is 0.303. The van der Waals surface area contributed by atoms with Crippen LogP contribution in [0.2, 0.25) is 5.02 Å². The Morgan fingerprint density at radius 3 is 2.74 bits per heavy atom. The number of nitrogens with zero attached hydrogens (tertiary/aromatic N) is 2. The molecule has 2 amide bonds. The lowest BCUT2D eigenvalue weighted by Crippen LogP contribution is -2.49. The van der Waals surface area contributed by atoms with Gasteiger partial charge in [-0.1, -0.05) is 41.6 Å². The van der Waals surface area contributed by atoms with E-state index in [1.807, 2.05) is 31.2 Å². The van der Waals surface area contributed by atoms with E-state index in [4.69, 9.17) is 21.3 Å². The molecule has 1 aliphatic rings. The Morgan fingerprint density at radius 1 is 1.24 bits per heavy atom. The van der Waals surface area contributed by atoms with E-state index >= 15 is 0 Å². The smallest absolute Gasteiger partial charge is 0.337 e. The Kier molecular flexibility index (Phi) is 6.95. The molecule has 176 valence electrons. The van der Waals surface area contributed by atoms with Crippen molar-refractivity contribution in [2.75, 3.05) is 12.4 Å². The normalized spacial score (nSPS) is 15.8. The number of esters is 1. The number of rotatable bonds is 6. The van der Waals surface area contributed by atoms with Crippen LogP contribution in [0.5, 0.6) is 0 Å². The highest BCUT2D eigenvalue weighted by Gasteiger charge is 2.30. The summed E-state index contributed by atoms with van der Waals surface area (Å²) in [5, 5.41) is 6.70. The summed E-state index contributed by atoms with van der Waals surface area (Å²) >= 11 is 7.39. The van der Waals surface area contributed by atoms with Gasteiger partial charge in [-0.05, 0) is 50.6 Å². The van der Waals surface area contributed by atoms with Crippen LogP contribution in [0, 0.1) is 6.92 Å². The maximum absolute atomic E-state index is 13.5. The minimum absolute atomic E-state index is 0.191. The summed E-state index contributed by atoms with van der Waals surface area (Å²) in [6.07, 6.45) is 0. The van der Waals surface area contributed by atoms with Crippen LogP contribution < -0.4 is 16.2 Å². The molecule has 34 heavy (non-hydrogen) atoms. The van der Waals surface area contributed by atoms with Crippen LogP contribution in [-0.2, 0) is 9.53 Å². The van der Waals surface area contributed by atoms with Gasteiger partial charge >= 0.3 is 12.0 Å². The van der Waals surface area contributed by atoms with Crippen LogP contribution in [0.1, 0.15) is 19.4 Å². The van der Waals surface area contributed by atoms with Crippen LogP contribution in [0.4, 0.5) is 4.79 Å². The fraction of sp³-hybridized carbons (Fsp3) is 0.250. The fourth-order valence-electron chi connectivity index (χ4n) is 3.79. The highest BCUT2D eigenvalue weighted by Crippen LogP contribution is 2.27. The number of para-hydroxylation sites is 1. The van der Waals surface area contributed by atoms with Crippen molar-refractivity contribution in [3.63, 3.8) is 0 Å². The molecule has 1 aliphatic heterocycles. The summed E-state index contributed by atoms with van der Waals surface area (Å²) in [5.41, 5.74) is 2.57. The number of aryl methyl sites for hydroxylation is 1. The number of aromatic nitrogens is 2. The molecule has 0 fully saturated rings. The number of urea groups is 1. The highest BCUT2D eigenvalue weighted by molar-refractivity contribution is 7.99. The lowest BCUT2D eigenvalue weighted by Gasteiger charge is -2.26. The topological polar surface area (TPSA) is 102 Å². The highest BCUT2D eigenvalue weighted by atomic mass is 35.5. The molecular formula is C24H23ClN4O4S. The van der Waals surface area contributed by atoms with Gasteiger partial charge in [-0.3, -0.25) is 9.36 Å². The van der Waals surface area contributed by atoms with Crippen molar-refractivity contribution in [1.82, 2.24) is 20.2 Å². The van der Waals surface area contributed by atoms with Gasteiger partial charge in [-0.25, -0.2) is 14.6 Å². The first-order valence-electron chi connectivity index (χ1n) is 10.7. The Hall–Kier alpha value is -3.30. The van der Waals surface area contributed by atoms with Crippen molar-refractivity contribution >= 4 is 46.3 Å². The summed E-state index contributed by atoms with van der Waals surface area (Å²) in [6, 6.07) is 11.5. The van der Waals surface area contributed by atoms with Crippen molar-refractivity contribution < 1.29 is 14.3 Å². The molecule has 2 aromatic carbocycles. The van der Waals surface area contributed by atoms with Gasteiger partial charge in [-0.2, -0.15) is 0 Å². The first kappa shape index (κ1) is 23.8. The summed E-state index contributed by atoms with van der Waals surface area (Å²) in [6.45, 7) is 5.56. The zero-order valence-electron chi connectivity index (χ0n) is 18.8. The van der Waals surface area contributed by atoms with E-state index in [-0.39, 0.29) is 17.9 Å². The maximum Gasteiger partial charge on any atom is 0.337 e. The molecular weight excluding hydrogens is 476 g/mol. The second kappa shape index (κ2) is 9.90. The second-order valence-corrected chi connectivity index (χ2v) is 9.08. The third-order valence-corrected chi connectivity index (χ3v) is 6.57. The number of ether oxygens (including phenoxy) is 1. The summed E-state index contributed by atoms with van der Waals surface area (Å²) in [7, 11) is 0. The van der Waals surface area contributed by atoms with Crippen molar-refractivity contribution in [3.8, 4) is 5.69 Å². The van der Waals surface area contributed by atoms with E-state index in [0.29, 0.717) is 38.0 Å². The number of hydrogen-bond donors (Lipinski definition) is 2. The molecule has 2 N–H and O–H groups in total. The molecule has 2 heterocycles. The molecule has 8 nitrogen and oxygen atoms in total. The van der Waals surface area contributed by atoms with Gasteiger partial charge in [0.15, 0.2) is 5.16 Å². The number of benzene rings is 2. The number of carbonyl (C=O) groups is 2. The zero-order chi connectivity index (χ0) is 24.4. The number of carbonyl (C=O) groups excluding carboxylic acids is 2. The molecule has 4 rings (SSSR count). The van der Waals surface area contributed by atoms with Crippen molar-refractivity contribution in [2.24, 2.45) is 0 Å². The molecule has 0 radical (unpaired) electrons. The number of nitrogens with one attached hydrogen (secondary N) is 2. The zero-order valence-corrected chi connectivity index (χ0v) is 20.4. The predicted octanol–water partition coefficient (Wildman–Crippen LogP) is 3.96. The van der Waals surface area contributed by atoms with Gasteiger partial charge in [-0.15, -0.1) is 0 Å². The molecule has 1 atom stereocenters. The van der Waals surface area contributed by atoms with Gasteiger partial charge in [0.05, 0.1) is 34.8 Å². The molecule has 0 unspecified atom stereocenters. The predicted molar refractivity (Wildman–Crippen MR) is 133 cm³/mol. The minimum Gasteiger partial charge on any atom is -0.463 e. The van der Waals surface area contributed by atoms with Crippen LogP contribution in [0.25, 0.3) is 16.6 Å². The van der Waals surface area contributed by atoms with Crippen molar-refractivity contribution in [2.45, 2.75) is 32.0 Å². The van der Waals surface area contributed by atoms with Gasteiger partial charge in [0.25, 0.3) is 5.56 Å². The lowest BCUT2D eigenvalue weighted by molar-refractivity contribution is -0.138. The van der Waals surface area contributed by atoms with Gasteiger partial charge < -0.3 is 15.4 Å².